The van der Waals surface area contributed by atoms with E-state index in [0.29, 0.717) is 35.7 Å². The first-order valence-corrected chi connectivity index (χ1v) is 9.41. The Balaban J connectivity index is 1.74. The van der Waals surface area contributed by atoms with Gasteiger partial charge in [0, 0.05) is 18.2 Å². The summed E-state index contributed by atoms with van der Waals surface area (Å²) in [5.74, 6) is 1.44. The van der Waals surface area contributed by atoms with Crippen molar-refractivity contribution in [3.05, 3.63) is 53.6 Å². The average molecular weight is 357 g/mol. The van der Waals surface area contributed by atoms with Crippen LogP contribution in [0.1, 0.15) is 18.2 Å². The van der Waals surface area contributed by atoms with Gasteiger partial charge in [0.25, 0.3) is 0 Å². The minimum absolute atomic E-state index is 0.311. The Bertz CT molecular complexity index is 812. The fourth-order valence-corrected chi connectivity index (χ4v) is 4.68. The second kappa shape index (κ2) is 6.29. The number of anilines is 1. The van der Waals surface area contributed by atoms with Crippen molar-refractivity contribution in [2.75, 3.05) is 23.7 Å². The lowest BCUT2D eigenvalue weighted by molar-refractivity contribution is 0.387. The number of thioether (sulfide) groups is 1. The van der Waals surface area contributed by atoms with E-state index in [1.165, 1.54) is 6.20 Å². The molecule has 2 N–H and O–H groups in total. The Morgan fingerprint density at radius 3 is 2.92 bits per heavy atom. The summed E-state index contributed by atoms with van der Waals surface area (Å²) < 4.78 is 13.8. The van der Waals surface area contributed by atoms with E-state index in [9.17, 15) is 4.39 Å². The molecule has 1 unspecified atom stereocenters. The minimum atomic E-state index is -0.388. The van der Waals surface area contributed by atoms with E-state index in [1.54, 1.807) is 11.8 Å². The van der Waals surface area contributed by atoms with Gasteiger partial charge in [0.2, 0.25) is 5.95 Å². The third-order valence-electron chi connectivity index (χ3n) is 4.99. The van der Waals surface area contributed by atoms with Crippen LogP contribution in [-0.4, -0.2) is 34.0 Å². The minimum Gasteiger partial charge on any atom is -0.379 e. The van der Waals surface area contributed by atoms with Crippen LogP contribution in [0.25, 0.3) is 0 Å². The topological polar surface area (TPSA) is 67.4 Å². The number of amidine groups is 1. The molecule has 3 heterocycles. The summed E-state index contributed by atoms with van der Waals surface area (Å²) >= 11 is 1.60. The number of aliphatic imine (C=N–C) groups is 1. The molecule has 2 aliphatic heterocycles. The molecule has 25 heavy (non-hydrogen) atoms. The van der Waals surface area contributed by atoms with Gasteiger partial charge in [0.05, 0.1) is 18.4 Å². The third kappa shape index (κ3) is 2.76. The molecule has 130 valence electrons. The van der Waals surface area contributed by atoms with Crippen LogP contribution in [-0.2, 0) is 12.0 Å². The monoisotopic (exact) mass is 357 g/mol. The van der Waals surface area contributed by atoms with Gasteiger partial charge in [0.1, 0.15) is 5.54 Å². The molecule has 0 amide bonds. The normalized spacial score (nSPS) is 25.6. The number of fused-ring (bicyclic) bond motifs is 1. The Morgan fingerprint density at radius 1 is 1.36 bits per heavy atom. The number of nitrogens with zero attached hydrogens (tertiary/aromatic N) is 4. The summed E-state index contributed by atoms with van der Waals surface area (Å²) in [4.78, 5) is 15.6. The Morgan fingerprint density at radius 2 is 2.16 bits per heavy atom. The van der Waals surface area contributed by atoms with Crippen molar-refractivity contribution in [1.82, 2.24) is 9.97 Å². The maximum absolute atomic E-state index is 13.8. The van der Waals surface area contributed by atoms with Crippen molar-refractivity contribution in [2.45, 2.75) is 18.9 Å². The van der Waals surface area contributed by atoms with Gasteiger partial charge in [-0.1, -0.05) is 49.0 Å². The molecular weight excluding hydrogens is 337 g/mol. The van der Waals surface area contributed by atoms with Crippen LogP contribution in [0.15, 0.2) is 41.5 Å². The van der Waals surface area contributed by atoms with Gasteiger partial charge in [0.15, 0.2) is 11.0 Å². The molecule has 1 aromatic heterocycles. The molecule has 1 saturated heterocycles. The second-order valence-electron chi connectivity index (χ2n) is 6.45. The molecule has 7 heteroatoms. The van der Waals surface area contributed by atoms with Crippen LogP contribution in [0, 0.1) is 11.7 Å². The van der Waals surface area contributed by atoms with Crippen LogP contribution in [0.5, 0.6) is 0 Å². The molecule has 0 radical (unpaired) electrons. The molecule has 4 rings (SSSR count). The molecule has 0 aliphatic carbocycles. The third-order valence-corrected chi connectivity index (χ3v) is 5.94. The number of hydrogen-bond donors (Lipinski definition) is 1. The quantitative estimate of drug-likeness (QED) is 0.914. The van der Waals surface area contributed by atoms with Crippen LogP contribution in [0.3, 0.4) is 0 Å². The highest BCUT2D eigenvalue weighted by atomic mass is 32.2. The predicted molar refractivity (Wildman–Crippen MR) is 99.3 cm³/mol. The zero-order valence-corrected chi connectivity index (χ0v) is 14.8. The van der Waals surface area contributed by atoms with Crippen molar-refractivity contribution < 1.29 is 4.39 Å². The number of aromatic nitrogens is 2. The molecule has 2 atom stereocenters. The summed E-state index contributed by atoms with van der Waals surface area (Å²) in [6, 6.07) is 10.3. The molecule has 0 spiro atoms. The first-order valence-electron chi connectivity index (χ1n) is 8.42. The van der Waals surface area contributed by atoms with Crippen molar-refractivity contribution in [1.29, 1.82) is 0 Å². The number of hydrogen-bond acceptors (Lipinski definition) is 6. The standard InChI is InChI=1S/C18H20FN5S/c1-2-15-14(19)8-21-17(22-15)24-9-13-10-25-16(20)23-18(13,11-24)12-6-4-3-5-7-12/h3-8,13H,2,9-11H2,1H3,(H2,20,23)/t13-,18?/m0/s1. The average Bonchev–Trinajstić information content (AvgIpc) is 3.03. The van der Waals surface area contributed by atoms with E-state index < -0.39 is 0 Å². The van der Waals surface area contributed by atoms with Crippen molar-refractivity contribution in [3.8, 4) is 0 Å². The molecule has 2 aromatic rings. The summed E-state index contributed by atoms with van der Waals surface area (Å²) in [6.45, 7) is 3.33. The molecular formula is C18H20FN5S. The lowest BCUT2D eigenvalue weighted by atomic mass is 9.82. The molecule has 0 bridgehead atoms. The van der Waals surface area contributed by atoms with Crippen LogP contribution in [0.2, 0.25) is 0 Å². The summed E-state index contributed by atoms with van der Waals surface area (Å²) in [7, 11) is 0. The van der Waals surface area contributed by atoms with Gasteiger partial charge < -0.3 is 10.6 Å². The van der Waals surface area contributed by atoms with Gasteiger partial charge in [-0.05, 0) is 12.0 Å². The van der Waals surface area contributed by atoms with Crippen LogP contribution < -0.4 is 10.6 Å². The smallest absolute Gasteiger partial charge is 0.225 e. The largest absolute Gasteiger partial charge is 0.379 e. The number of benzene rings is 1. The van der Waals surface area contributed by atoms with Gasteiger partial charge in [-0.2, -0.15) is 0 Å². The van der Waals surface area contributed by atoms with E-state index in [2.05, 4.69) is 27.0 Å². The summed E-state index contributed by atoms with van der Waals surface area (Å²) in [5, 5.41) is 0.622. The predicted octanol–water partition coefficient (Wildman–Crippen LogP) is 2.57. The Kier molecular flexibility index (Phi) is 4.11. The first-order chi connectivity index (χ1) is 12.1. The number of halogens is 1. The lowest BCUT2D eigenvalue weighted by Gasteiger charge is -2.34. The van der Waals surface area contributed by atoms with E-state index in [0.717, 1.165) is 17.9 Å². The van der Waals surface area contributed by atoms with E-state index in [4.69, 9.17) is 10.7 Å². The lowest BCUT2D eigenvalue weighted by Crippen LogP contribution is -2.40. The fourth-order valence-electron chi connectivity index (χ4n) is 3.70. The summed E-state index contributed by atoms with van der Waals surface area (Å²) in [5.41, 5.74) is 7.29. The zero-order valence-electron chi connectivity index (χ0n) is 14.0. The molecule has 2 aliphatic rings. The molecule has 5 nitrogen and oxygen atoms in total. The van der Waals surface area contributed by atoms with E-state index in [-0.39, 0.29) is 11.4 Å². The maximum Gasteiger partial charge on any atom is 0.225 e. The number of aryl methyl sites for hydroxylation is 1. The summed E-state index contributed by atoms with van der Waals surface area (Å²) in [6.07, 6.45) is 1.81. The SMILES string of the molecule is CCc1nc(N2C[C@H]3CSC(N)=NC3(c3ccccc3)C2)ncc1F. The van der Waals surface area contributed by atoms with Gasteiger partial charge >= 0.3 is 0 Å². The van der Waals surface area contributed by atoms with E-state index in [1.807, 2.05) is 25.1 Å². The Hall–Kier alpha value is -2.15. The Labute approximate surface area is 150 Å². The fraction of sp³-hybridized carbons (Fsp3) is 0.389. The van der Waals surface area contributed by atoms with E-state index >= 15 is 0 Å². The van der Waals surface area contributed by atoms with Crippen molar-refractivity contribution >= 4 is 22.9 Å². The van der Waals surface area contributed by atoms with Crippen LogP contribution in [0.4, 0.5) is 10.3 Å². The highest BCUT2D eigenvalue weighted by molar-refractivity contribution is 8.13. The van der Waals surface area contributed by atoms with Gasteiger partial charge in [-0.15, -0.1) is 0 Å². The highest BCUT2D eigenvalue weighted by Crippen LogP contribution is 2.45. The number of rotatable bonds is 3. The second-order valence-corrected chi connectivity index (χ2v) is 7.49. The van der Waals surface area contributed by atoms with Crippen molar-refractivity contribution in [3.63, 3.8) is 0 Å². The highest BCUT2D eigenvalue weighted by Gasteiger charge is 2.50. The first kappa shape index (κ1) is 16.3. The maximum atomic E-state index is 13.8. The molecule has 1 aromatic carbocycles. The van der Waals surface area contributed by atoms with Crippen LogP contribution >= 0.6 is 11.8 Å². The molecule has 0 saturated carbocycles. The van der Waals surface area contributed by atoms with Gasteiger partial charge in [-0.3, -0.25) is 0 Å². The number of nitrogens with two attached hydrogens (primary N) is 1. The van der Waals surface area contributed by atoms with Crippen molar-refractivity contribution in [2.24, 2.45) is 16.6 Å². The molecule has 1 fully saturated rings. The van der Waals surface area contributed by atoms with Gasteiger partial charge in [-0.25, -0.2) is 19.4 Å². The zero-order chi connectivity index (χ0) is 17.4.